The molecule has 0 aliphatic heterocycles. The molecule has 0 heterocycles. The zero-order valence-electron chi connectivity index (χ0n) is 5.50. The van der Waals surface area contributed by atoms with Crippen molar-refractivity contribution in [3.05, 3.63) is 0 Å². The van der Waals surface area contributed by atoms with E-state index in [0.29, 0.717) is 0 Å². The van der Waals surface area contributed by atoms with Gasteiger partial charge in [-0.25, -0.2) is 10.6 Å². The monoisotopic (exact) mass is 145 g/mol. The van der Waals surface area contributed by atoms with Crippen molar-refractivity contribution in [1.29, 1.82) is 0 Å². The first-order valence-electron chi connectivity index (χ1n) is 3.05. The van der Waals surface area contributed by atoms with Crippen molar-refractivity contribution in [3.63, 3.8) is 0 Å². The largest absolute Gasteiger partial charge is 0.347 e. The molecule has 6 heteroatoms. The molecule has 10 heavy (non-hydrogen) atoms. The van der Waals surface area contributed by atoms with E-state index in [4.69, 9.17) is 11.7 Å². The molecule has 0 aromatic rings. The van der Waals surface area contributed by atoms with E-state index >= 15 is 0 Å². The Morgan fingerprint density at radius 2 is 2.20 bits per heavy atom. The predicted molar refractivity (Wildman–Crippen MR) is 34.9 cm³/mol. The maximum atomic E-state index is 10.8. The van der Waals surface area contributed by atoms with E-state index in [1.54, 1.807) is 0 Å². The SMILES string of the molecule is NNNC(=O)N(N)C1CC1. The Kier molecular flexibility index (Phi) is 2.05. The third-order valence-corrected chi connectivity index (χ3v) is 1.35. The van der Waals surface area contributed by atoms with Gasteiger partial charge in [0.15, 0.2) is 0 Å². The molecular formula is C4H11N5O. The van der Waals surface area contributed by atoms with Crippen LogP contribution >= 0.6 is 0 Å². The molecule has 1 saturated carbocycles. The highest BCUT2D eigenvalue weighted by Gasteiger charge is 2.30. The first kappa shape index (κ1) is 7.26. The lowest BCUT2D eigenvalue weighted by molar-refractivity contribution is 0.191. The Morgan fingerprint density at radius 3 is 2.60 bits per heavy atom. The van der Waals surface area contributed by atoms with Gasteiger partial charge in [-0.15, -0.1) is 0 Å². The zero-order valence-corrected chi connectivity index (χ0v) is 5.50. The average Bonchev–Trinajstić information content (AvgIpc) is 2.68. The Labute approximate surface area is 58.4 Å². The summed E-state index contributed by atoms with van der Waals surface area (Å²) in [7, 11) is 0. The maximum Gasteiger partial charge on any atom is 0.347 e. The Balaban J connectivity index is 2.24. The molecule has 2 amide bonds. The van der Waals surface area contributed by atoms with Crippen molar-refractivity contribution in [2.75, 3.05) is 0 Å². The average molecular weight is 145 g/mol. The summed E-state index contributed by atoms with van der Waals surface area (Å²) in [6, 6.07) is -0.196. The quantitative estimate of drug-likeness (QED) is 0.214. The summed E-state index contributed by atoms with van der Waals surface area (Å²) in [5.41, 5.74) is 4.17. The number of nitrogens with one attached hydrogen (secondary N) is 2. The highest BCUT2D eigenvalue weighted by molar-refractivity contribution is 5.73. The number of hydrogen-bond donors (Lipinski definition) is 4. The van der Waals surface area contributed by atoms with Crippen molar-refractivity contribution in [1.82, 2.24) is 16.0 Å². The number of carbonyl (C=O) groups is 1. The van der Waals surface area contributed by atoms with E-state index in [2.05, 4.69) is 5.43 Å². The molecule has 0 aromatic heterocycles. The molecule has 0 saturated heterocycles. The highest BCUT2D eigenvalue weighted by Crippen LogP contribution is 2.23. The van der Waals surface area contributed by atoms with Crippen LogP contribution < -0.4 is 22.6 Å². The first-order chi connectivity index (χ1) is 4.75. The van der Waals surface area contributed by atoms with E-state index in [9.17, 15) is 4.79 Å². The number of hydrazine groups is 3. The van der Waals surface area contributed by atoms with Gasteiger partial charge in [-0.2, -0.15) is 5.53 Å². The fraction of sp³-hybridized carbons (Fsp3) is 0.750. The van der Waals surface area contributed by atoms with Crippen LogP contribution in [0.4, 0.5) is 4.79 Å². The molecule has 1 rings (SSSR count). The zero-order chi connectivity index (χ0) is 7.56. The number of carbonyl (C=O) groups excluding carboxylic acids is 1. The molecule has 0 unspecified atom stereocenters. The number of hydrogen-bond acceptors (Lipinski definition) is 4. The lowest BCUT2D eigenvalue weighted by Gasteiger charge is -2.14. The van der Waals surface area contributed by atoms with Crippen LogP contribution in [0.15, 0.2) is 0 Å². The third-order valence-electron chi connectivity index (χ3n) is 1.35. The molecule has 0 spiro atoms. The normalized spacial score (nSPS) is 16.6. The van der Waals surface area contributed by atoms with E-state index in [1.807, 2.05) is 5.53 Å². The standard InChI is InChI=1S/C4H11N5O/c5-8-7-4(10)9(6)3-1-2-3/h3,8H,1-2,5-6H2,(H,7,10). The molecule has 0 bridgehead atoms. The molecule has 1 fully saturated rings. The van der Waals surface area contributed by atoms with Gasteiger partial charge in [-0.05, 0) is 12.8 Å². The van der Waals surface area contributed by atoms with Crippen LogP contribution in [-0.4, -0.2) is 17.1 Å². The van der Waals surface area contributed by atoms with Crippen molar-refractivity contribution in [2.24, 2.45) is 11.7 Å². The van der Waals surface area contributed by atoms with E-state index in [-0.39, 0.29) is 6.04 Å². The lowest BCUT2D eigenvalue weighted by atomic mass is 10.7. The Bertz CT molecular complexity index is 134. The minimum absolute atomic E-state index is 0.202. The second kappa shape index (κ2) is 2.82. The van der Waals surface area contributed by atoms with Crippen LogP contribution in [-0.2, 0) is 0 Å². The van der Waals surface area contributed by atoms with Crippen LogP contribution in [0.1, 0.15) is 12.8 Å². The predicted octanol–water partition coefficient (Wildman–Crippen LogP) is -1.59. The summed E-state index contributed by atoms with van der Waals surface area (Å²) >= 11 is 0. The van der Waals surface area contributed by atoms with Gasteiger partial charge in [0.2, 0.25) is 0 Å². The highest BCUT2D eigenvalue weighted by atomic mass is 16.2. The molecule has 6 N–H and O–H groups in total. The van der Waals surface area contributed by atoms with Crippen LogP contribution in [0, 0.1) is 0 Å². The molecule has 1 aliphatic rings. The van der Waals surface area contributed by atoms with Crippen molar-refractivity contribution >= 4 is 6.03 Å². The van der Waals surface area contributed by atoms with Gasteiger partial charge in [0, 0.05) is 0 Å². The van der Waals surface area contributed by atoms with Gasteiger partial charge in [0.1, 0.15) is 0 Å². The number of nitrogens with two attached hydrogens (primary N) is 2. The van der Waals surface area contributed by atoms with Crippen molar-refractivity contribution < 1.29 is 4.79 Å². The van der Waals surface area contributed by atoms with Gasteiger partial charge < -0.3 is 0 Å². The fourth-order valence-electron chi connectivity index (χ4n) is 0.645. The van der Waals surface area contributed by atoms with Crippen LogP contribution in [0.5, 0.6) is 0 Å². The fourth-order valence-corrected chi connectivity index (χ4v) is 0.645. The smallest absolute Gasteiger partial charge is 0.259 e. The topological polar surface area (TPSA) is 96.4 Å². The summed E-state index contributed by atoms with van der Waals surface area (Å²) in [6.45, 7) is 0. The molecule has 0 aromatic carbocycles. The number of amides is 2. The molecule has 0 radical (unpaired) electrons. The van der Waals surface area contributed by atoms with Gasteiger partial charge in [-0.3, -0.25) is 16.3 Å². The minimum atomic E-state index is -0.398. The summed E-state index contributed by atoms with van der Waals surface area (Å²) in [4.78, 5) is 10.8. The lowest BCUT2D eigenvalue weighted by Crippen LogP contribution is -2.52. The minimum Gasteiger partial charge on any atom is -0.259 e. The number of urea groups is 1. The maximum absolute atomic E-state index is 10.8. The van der Waals surface area contributed by atoms with Crippen LogP contribution in [0.3, 0.4) is 0 Å². The summed E-state index contributed by atoms with van der Waals surface area (Å²) in [5, 5.41) is 1.14. The molecule has 6 nitrogen and oxygen atoms in total. The molecule has 58 valence electrons. The Hall–Kier alpha value is -0.850. The van der Waals surface area contributed by atoms with Gasteiger partial charge in [0.05, 0.1) is 6.04 Å². The first-order valence-corrected chi connectivity index (χ1v) is 3.05. The summed E-state index contributed by atoms with van der Waals surface area (Å²) in [5.74, 6) is 10.2. The number of nitrogens with zero attached hydrogens (tertiary/aromatic N) is 1. The number of rotatable bonds is 2. The van der Waals surface area contributed by atoms with Crippen molar-refractivity contribution in [3.8, 4) is 0 Å². The Morgan fingerprint density at radius 1 is 1.60 bits per heavy atom. The van der Waals surface area contributed by atoms with Gasteiger partial charge >= 0.3 is 6.03 Å². The summed E-state index contributed by atoms with van der Waals surface area (Å²) in [6.07, 6.45) is 1.96. The third kappa shape index (κ3) is 1.56. The van der Waals surface area contributed by atoms with E-state index in [1.165, 1.54) is 0 Å². The van der Waals surface area contributed by atoms with Crippen LogP contribution in [0.25, 0.3) is 0 Å². The molecule has 0 atom stereocenters. The second-order valence-electron chi connectivity index (χ2n) is 2.21. The van der Waals surface area contributed by atoms with E-state index < -0.39 is 6.03 Å². The van der Waals surface area contributed by atoms with Gasteiger partial charge in [-0.1, -0.05) is 0 Å². The molecular weight excluding hydrogens is 134 g/mol. The second-order valence-corrected chi connectivity index (χ2v) is 2.21. The van der Waals surface area contributed by atoms with Gasteiger partial charge in [0.25, 0.3) is 0 Å². The van der Waals surface area contributed by atoms with Crippen LogP contribution in [0.2, 0.25) is 0 Å². The molecule has 1 aliphatic carbocycles. The van der Waals surface area contributed by atoms with E-state index in [0.717, 1.165) is 17.9 Å². The van der Waals surface area contributed by atoms with Crippen molar-refractivity contribution in [2.45, 2.75) is 18.9 Å². The summed E-state index contributed by atoms with van der Waals surface area (Å²) < 4.78 is 0.